The zero-order valence-electron chi connectivity index (χ0n) is 16.3. The molecule has 0 unspecified atom stereocenters. The fourth-order valence-corrected chi connectivity index (χ4v) is 3.40. The van der Waals surface area contributed by atoms with Gasteiger partial charge in [0.05, 0.1) is 18.7 Å². The van der Waals surface area contributed by atoms with Crippen LogP contribution in [0.4, 0.5) is 11.6 Å². The highest BCUT2D eigenvalue weighted by Gasteiger charge is 2.25. The van der Waals surface area contributed by atoms with Crippen molar-refractivity contribution >= 4 is 46.1 Å². The second-order valence-corrected chi connectivity index (χ2v) is 6.59. The second kappa shape index (κ2) is 9.14. The van der Waals surface area contributed by atoms with Gasteiger partial charge in [-0.3, -0.25) is 4.79 Å². The number of benzene rings is 1. The molecule has 30 heavy (non-hydrogen) atoms. The van der Waals surface area contributed by atoms with Gasteiger partial charge in [0.15, 0.2) is 33.5 Å². The standard InChI is InChI=1S/C18H20ClN7O3.ClH/c1-3-25-10-6-5-9(18(28)29)7-11(10)26(4-2)12(25)8-22-17(27)13-15(20)24-16(21)14(19)23-13;/h5-7H,3-4,8H2,1-2H3,(H5-,20,21,22,24,27,28,29);1H. The number of hydrogen-bond acceptors (Lipinski definition) is 6. The van der Waals surface area contributed by atoms with E-state index in [2.05, 4.69) is 15.3 Å². The molecule has 0 bridgehead atoms. The first-order valence-electron chi connectivity index (χ1n) is 8.93. The number of carboxylic acids is 1. The van der Waals surface area contributed by atoms with E-state index < -0.39 is 11.9 Å². The van der Waals surface area contributed by atoms with Gasteiger partial charge in [-0.2, -0.15) is 0 Å². The molecule has 0 atom stereocenters. The summed E-state index contributed by atoms with van der Waals surface area (Å²) in [4.78, 5) is 31.6. The smallest absolute Gasteiger partial charge is 0.335 e. The van der Waals surface area contributed by atoms with Gasteiger partial charge in [-0.25, -0.2) is 23.9 Å². The van der Waals surface area contributed by atoms with Gasteiger partial charge in [0.1, 0.15) is 6.54 Å². The molecule has 0 saturated carbocycles. The Hall–Kier alpha value is -3.11. The predicted molar refractivity (Wildman–Crippen MR) is 107 cm³/mol. The highest BCUT2D eigenvalue weighted by Crippen LogP contribution is 2.19. The summed E-state index contributed by atoms with van der Waals surface area (Å²) in [6.07, 6.45) is 0. The maximum atomic E-state index is 12.6. The highest BCUT2D eigenvalue weighted by molar-refractivity contribution is 6.31. The minimum atomic E-state index is -0.997. The summed E-state index contributed by atoms with van der Waals surface area (Å²) in [6, 6.07) is 4.96. The predicted octanol–water partition coefficient (Wildman–Crippen LogP) is -1.79. The number of carboxylic acid groups (broad SMARTS) is 1. The monoisotopic (exact) mass is 453 g/mol. The maximum absolute atomic E-state index is 12.6. The van der Waals surface area contributed by atoms with Crippen molar-refractivity contribution in [2.75, 3.05) is 11.5 Å². The average molecular weight is 454 g/mol. The van der Waals surface area contributed by atoms with Gasteiger partial charge in [0.2, 0.25) is 0 Å². The number of aryl methyl sites for hydroxylation is 2. The number of nitrogen functional groups attached to an aromatic ring is 2. The summed E-state index contributed by atoms with van der Waals surface area (Å²) < 4.78 is 3.96. The van der Waals surface area contributed by atoms with E-state index in [0.29, 0.717) is 13.1 Å². The van der Waals surface area contributed by atoms with E-state index in [1.807, 2.05) is 23.0 Å². The molecule has 6 N–H and O–H groups in total. The average Bonchev–Trinajstić information content (AvgIpc) is 3.00. The number of aromatic carboxylic acids is 1. The maximum Gasteiger partial charge on any atom is 0.335 e. The van der Waals surface area contributed by atoms with E-state index in [9.17, 15) is 14.7 Å². The number of rotatable bonds is 6. The number of aromatic nitrogens is 4. The van der Waals surface area contributed by atoms with E-state index in [0.717, 1.165) is 16.9 Å². The highest BCUT2D eigenvalue weighted by atomic mass is 35.5. The molecule has 1 aromatic carbocycles. The third kappa shape index (κ3) is 4.10. The summed E-state index contributed by atoms with van der Waals surface area (Å²) in [6.45, 7) is 5.31. The van der Waals surface area contributed by atoms with Gasteiger partial charge in [-0.1, -0.05) is 11.6 Å². The van der Waals surface area contributed by atoms with Crippen molar-refractivity contribution in [3.63, 3.8) is 0 Å². The van der Waals surface area contributed by atoms with Crippen molar-refractivity contribution < 1.29 is 31.7 Å². The molecule has 0 aliphatic carbocycles. The van der Waals surface area contributed by atoms with Crippen LogP contribution in [0.2, 0.25) is 5.15 Å². The topological polar surface area (TPSA) is 153 Å². The Morgan fingerprint density at radius 2 is 1.93 bits per heavy atom. The molecule has 3 aromatic rings. The summed E-state index contributed by atoms with van der Waals surface area (Å²) in [7, 11) is 0. The first kappa shape index (κ1) is 23.2. The zero-order valence-corrected chi connectivity index (χ0v) is 17.8. The summed E-state index contributed by atoms with van der Waals surface area (Å²) in [5.74, 6) is -0.907. The molecule has 1 amide bonds. The molecule has 0 aliphatic rings. The number of carbonyl (C=O) groups is 2. The SMILES string of the molecule is CCn1c(CNC(=O)c2nc(Cl)c(N)nc2N)[n+](CC)c2ccc(C(=O)O)cc21.[Cl-]. The second-order valence-electron chi connectivity index (χ2n) is 6.23. The third-order valence-electron chi connectivity index (χ3n) is 4.59. The zero-order chi connectivity index (χ0) is 21.3. The Labute approximate surface area is 183 Å². The molecule has 0 radical (unpaired) electrons. The molecule has 0 fully saturated rings. The van der Waals surface area contributed by atoms with Crippen molar-refractivity contribution in [1.29, 1.82) is 0 Å². The molecule has 0 saturated heterocycles. The van der Waals surface area contributed by atoms with Gasteiger partial charge >= 0.3 is 5.97 Å². The quantitative estimate of drug-likeness (QED) is 0.321. The molecular weight excluding hydrogens is 433 g/mol. The summed E-state index contributed by atoms with van der Waals surface area (Å²) in [5.41, 5.74) is 13.0. The number of imidazole rings is 1. The van der Waals surface area contributed by atoms with E-state index in [1.165, 1.54) is 0 Å². The first-order valence-corrected chi connectivity index (χ1v) is 9.31. The van der Waals surface area contributed by atoms with Crippen LogP contribution in [-0.2, 0) is 19.6 Å². The lowest BCUT2D eigenvalue weighted by Crippen LogP contribution is -3.00. The van der Waals surface area contributed by atoms with Gasteiger partial charge in [0.25, 0.3) is 11.7 Å². The molecule has 160 valence electrons. The fraction of sp³-hybridized carbons (Fsp3) is 0.278. The number of nitrogens with zero attached hydrogens (tertiary/aromatic N) is 4. The number of anilines is 2. The van der Waals surface area contributed by atoms with Crippen LogP contribution in [0.5, 0.6) is 0 Å². The number of amides is 1. The number of halogens is 2. The lowest BCUT2D eigenvalue weighted by atomic mass is 10.2. The van der Waals surface area contributed by atoms with Crippen LogP contribution in [0.1, 0.15) is 40.5 Å². The van der Waals surface area contributed by atoms with Crippen LogP contribution in [0.3, 0.4) is 0 Å². The Bertz CT molecular complexity index is 1130. The Morgan fingerprint density at radius 3 is 2.53 bits per heavy atom. The van der Waals surface area contributed by atoms with Crippen LogP contribution in [0.25, 0.3) is 11.0 Å². The lowest BCUT2D eigenvalue weighted by molar-refractivity contribution is -0.676. The number of hydrogen-bond donors (Lipinski definition) is 4. The molecule has 3 rings (SSSR count). The van der Waals surface area contributed by atoms with Crippen LogP contribution < -0.4 is 33.8 Å². The van der Waals surface area contributed by atoms with Crippen molar-refractivity contribution in [3.05, 3.63) is 40.4 Å². The Kier molecular flexibility index (Phi) is 7.06. The van der Waals surface area contributed by atoms with E-state index in [-0.39, 0.29) is 47.0 Å². The summed E-state index contributed by atoms with van der Waals surface area (Å²) in [5, 5.41) is 12.0. The van der Waals surface area contributed by atoms with Crippen molar-refractivity contribution in [3.8, 4) is 0 Å². The normalized spacial score (nSPS) is 10.6. The molecule has 0 spiro atoms. The first-order chi connectivity index (χ1) is 13.8. The van der Waals surface area contributed by atoms with Gasteiger partial charge < -0.3 is 34.3 Å². The Morgan fingerprint density at radius 1 is 1.23 bits per heavy atom. The summed E-state index contributed by atoms with van der Waals surface area (Å²) >= 11 is 5.85. The largest absolute Gasteiger partial charge is 1.00 e. The molecule has 12 heteroatoms. The minimum absolute atomic E-state index is 0. The molecule has 2 heterocycles. The fourth-order valence-electron chi connectivity index (χ4n) is 3.27. The van der Waals surface area contributed by atoms with Crippen molar-refractivity contribution in [1.82, 2.24) is 19.9 Å². The van der Waals surface area contributed by atoms with Crippen LogP contribution in [-0.4, -0.2) is 31.5 Å². The van der Waals surface area contributed by atoms with Gasteiger partial charge in [-0.05, 0) is 26.0 Å². The molecule has 0 aliphatic heterocycles. The van der Waals surface area contributed by atoms with E-state index >= 15 is 0 Å². The lowest BCUT2D eigenvalue weighted by Gasteiger charge is -2.08. The molecule has 10 nitrogen and oxygen atoms in total. The minimum Gasteiger partial charge on any atom is -1.00 e. The van der Waals surface area contributed by atoms with Crippen molar-refractivity contribution in [2.45, 2.75) is 33.5 Å². The Balaban J connectivity index is 0.00000320. The third-order valence-corrected chi connectivity index (χ3v) is 4.86. The number of nitrogens with two attached hydrogens (primary N) is 2. The molecule has 2 aromatic heterocycles. The van der Waals surface area contributed by atoms with Crippen LogP contribution in [0, 0.1) is 0 Å². The van der Waals surface area contributed by atoms with Gasteiger partial charge in [0, 0.05) is 6.07 Å². The van der Waals surface area contributed by atoms with E-state index in [1.54, 1.807) is 18.2 Å². The molecular formula is C18H21Cl2N7O3. The number of nitrogens with one attached hydrogen (secondary N) is 1. The van der Waals surface area contributed by atoms with Crippen molar-refractivity contribution in [2.24, 2.45) is 0 Å². The van der Waals surface area contributed by atoms with Crippen LogP contribution >= 0.6 is 11.6 Å². The number of fused-ring (bicyclic) bond motifs is 1. The number of carbonyl (C=O) groups excluding carboxylic acids is 1. The van der Waals surface area contributed by atoms with E-state index in [4.69, 9.17) is 23.1 Å². The van der Waals surface area contributed by atoms with Crippen LogP contribution in [0.15, 0.2) is 18.2 Å². The van der Waals surface area contributed by atoms with Gasteiger partial charge in [-0.15, -0.1) is 0 Å².